The number of phenolic OH excluding ortho intramolecular Hbond substituents is 1. The fraction of sp³-hybridized carbons (Fsp3) is 0. The largest absolute Gasteiger partial charge is 0.507 e. The molecule has 2 aromatic carbocycles. The lowest BCUT2D eigenvalue weighted by Gasteiger charge is -2.00. The van der Waals surface area contributed by atoms with Gasteiger partial charge in [-0.3, -0.25) is 4.79 Å². The minimum absolute atomic E-state index is 0.0646. The Morgan fingerprint density at radius 1 is 1.16 bits per heavy atom. The molecule has 4 heteroatoms. The molecule has 2 rings (SSSR count). The van der Waals surface area contributed by atoms with Crippen molar-refractivity contribution in [3.05, 3.63) is 70.5 Å². The third-order valence-corrected chi connectivity index (χ3v) is 2.77. The normalized spacial score (nSPS) is 10.8. The number of benzene rings is 2. The van der Waals surface area contributed by atoms with Gasteiger partial charge in [0.1, 0.15) is 11.6 Å². The summed E-state index contributed by atoms with van der Waals surface area (Å²) in [4.78, 5) is 11.8. The van der Waals surface area contributed by atoms with E-state index in [9.17, 15) is 14.3 Å². The SMILES string of the molecule is O=C(/C=C/c1ccc(Cl)cc1)c1cc(F)ccc1O. The summed E-state index contributed by atoms with van der Waals surface area (Å²) >= 11 is 5.74. The minimum Gasteiger partial charge on any atom is -0.507 e. The van der Waals surface area contributed by atoms with E-state index in [4.69, 9.17) is 11.6 Å². The van der Waals surface area contributed by atoms with E-state index in [0.29, 0.717) is 5.02 Å². The molecule has 0 amide bonds. The Morgan fingerprint density at radius 2 is 1.84 bits per heavy atom. The molecule has 0 saturated heterocycles. The second-order valence-corrected chi connectivity index (χ2v) is 4.35. The highest BCUT2D eigenvalue weighted by Gasteiger charge is 2.09. The Labute approximate surface area is 114 Å². The van der Waals surface area contributed by atoms with E-state index in [1.807, 2.05) is 0 Å². The molecule has 2 nitrogen and oxygen atoms in total. The lowest BCUT2D eigenvalue weighted by atomic mass is 10.1. The first-order valence-corrected chi connectivity index (χ1v) is 5.90. The summed E-state index contributed by atoms with van der Waals surface area (Å²) in [5, 5.41) is 10.1. The molecular formula is C15H10ClFO2. The lowest BCUT2D eigenvalue weighted by Crippen LogP contribution is -1.95. The molecule has 0 saturated carbocycles. The quantitative estimate of drug-likeness (QED) is 0.677. The van der Waals surface area contributed by atoms with Gasteiger partial charge in [-0.2, -0.15) is 0 Å². The number of rotatable bonds is 3. The highest BCUT2D eigenvalue weighted by molar-refractivity contribution is 6.30. The van der Waals surface area contributed by atoms with Crippen LogP contribution in [0.5, 0.6) is 5.75 Å². The van der Waals surface area contributed by atoms with E-state index >= 15 is 0 Å². The van der Waals surface area contributed by atoms with Crippen molar-refractivity contribution in [3.8, 4) is 5.75 Å². The topological polar surface area (TPSA) is 37.3 Å². The van der Waals surface area contributed by atoms with Gasteiger partial charge < -0.3 is 5.11 Å². The number of hydrogen-bond acceptors (Lipinski definition) is 2. The molecule has 0 heterocycles. The maximum atomic E-state index is 13.0. The molecule has 0 aliphatic carbocycles. The standard InChI is InChI=1S/C15H10ClFO2/c16-11-4-1-10(2-5-11)3-7-14(18)13-9-12(17)6-8-15(13)19/h1-9,19H/b7-3+. The molecule has 1 N–H and O–H groups in total. The first kappa shape index (κ1) is 13.3. The van der Waals surface area contributed by atoms with E-state index in [1.165, 1.54) is 6.08 Å². The Hall–Kier alpha value is -2.13. The zero-order valence-corrected chi connectivity index (χ0v) is 10.6. The second kappa shape index (κ2) is 5.67. The summed E-state index contributed by atoms with van der Waals surface area (Å²) in [7, 11) is 0. The second-order valence-electron chi connectivity index (χ2n) is 3.91. The Balaban J connectivity index is 2.21. The van der Waals surface area contributed by atoms with Crippen LogP contribution in [-0.2, 0) is 0 Å². The van der Waals surface area contributed by atoms with Crippen LogP contribution in [0.4, 0.5) is 4.39 Å². The van der Waals surface area contributed by atoms with E-state index in [1.54, 1.807) is 30.3 Å². The van der Waals surface area contributed by atoms with Crippen LogP contribution in [0.15, 0.2) is 48.5 Å². The highest BCUT2D eigenvalue weighted by Crippen LogP contribution is 2.19. The molecule has 0 aromatic heterocycles. The average molecular weight is 277 g/mol. The monoisotopic (exact) mass is 276 g/mol. The smallest absolute Gasteiger partial charge is 0.189 e. The van der Waals surface area contributed by atoms with Gasteiger partial charge in [0.2, 0.25) is 0 Å². The van der Waals surface area contributed by atoms with Gasteiger partial charge in [0, 0.05) is 5.02 Å². The van der Waals surface area contributed by atoms with Crippen LogP contribution in [0, 0.1) is 5.82 Å². The number of ketones is 1. The first-order chi connectivity index (χ1) is 9.06. The molecule has 0 fully saturated rings. The summed E-state index contributed by atoms with van der Waals surface area (Å²) < 4.78 is 13.0. The van der Waals surface area contributed by atoms with Gasteiger partial charge in [-0.05, 0) is 42.0 Å². The van der Waals surface area contributed by atoms with E-state index in [2.05, 4.69) is 0 Å². The van der Waals surface area contributed by atoms with Crippen molar-refractivity contribution in [2.24, 2.45) is 0 Å². The van der Waals surface area contributed by atoms with Crippen molar-refractivity contribution in [1.29, 1.82) is 0 Å². The fourth-order valence-corrected chi connectivity index (χ4v) is 1.67. The summed E-state index contributed by atoms with van der Waals surface area (Å²) in [5.41, 5.74) is 0.721. The Kier molecular flexibility index (Phi) is 3.97. The molecule has 0 unspecified atom stereocenters. The van der Waals surface area contributed by atoms with Gasteiger partial charge in [-0.1, -0.05) is 29.8 Å². The molecule has 96 valence electrons. The molecular weight excluding hydrogens is 267 g/mol. The van der Waals surface area contributed by atoms with E-state index < -0.39 is 11.6 Å². The summed E-state index contributed by atoms with van der Waals surface area (Å²) in [6, 6.07) is 10.1. The molecule has 0 bridgehead atoms. The van der Waals surface area contributed by atoms with Crippen LogP contribution in [0.2, 0.25) is 5.02 Å². The van der Waals surface area contributed by atoms with E-state index in [-0.39, 0.29) is 11.3 Å². The highest BCUT2D eigenvalue weighted by atomic mass is 35.5. The van der Waals surface area contributed by atoms with Crippen LogP contribution in [0.3, 0.4) is 0 Å². The van der Waals surface area contributed by atoms with Gasteiger partial charge in [-0.25, -0.2) is 4.39 Å². The predicted octanol–water partition coefficient (Wildman–Crippen LogP) is 4.08. The Morgan fingerprint density at radius 3 is 2.53 bits per heavy atom. The van der Waals surface area contributed by atoms with Crippen LogP contribution in [0.25, 0.3) is 6.08 Å². The third kappa shape index (κ3) is 3.42. The fourth-order valence-electron chi connectivity index (χ4n) is 1.54. The third-order valence-electron chi connectivity index (χ3n) is 2.52. The molecule has 0 aliphatic rings. The zero-order chi connectivity index (χ0) is 13.8. The average Bonchev–Trinajstić information content (AvgIpc) is 2.40. The molecule has 0 radical (unpaired) electrons. The van der Waals surface area contributed by atoms with Gasteiger partial charge in [0.25, 0.3) is 0 Å². The zero-order valence-electron chi connectivity index (χ0n) is 9.81. The van der Waals surface area contributed by atoms with Crippen LogP contribution >= 0.6 is 11.6 Å². The maximum absolute atomic E-state index is 13.0. The Bertz CT molecular complexity index is 633. The number of hydrogen-bond donors (Lipinski definition) is 1. The summed E-state index contributed by atoms with van der Waals surface area (Å²) in [5.74, 6) is -1.28. The van der Waals surface area contributed by atoms with Crippen molar-refractivity contribution in [2.75, 3.05) is 0 Å². The molecule has 0 atom stereocenters. The number of aromatic hydroxyl groups is 1. The van der Waals surface area contributed by atoms with Crippen molar-refractivity contribution in [2.45, 2.75) is 0 Å². The number of halogens is 2. The molecule has 2 aromatic rings. The number of carbonyl (C=O) groups is 1. The van der Waals surface area contributed by atoms with Crippen molar-refractivity contribution < 1.29 is 14.3 Å². The van der Waals surface area contributed by atoms with Gasteiger partial charge in [0.15, 0.2) is 5.78 Å². The number of carbonyl (C=O) groups excluding carboxylic acids is 1. The number of phenols is 1. The summed E-state index contributed by atoms with van der Waals surface area (Å²) in [6.07, 6.45) is 2.85. The minimum atomic E-state index is -0.568. The van der Waals surface area contributed by atoms with E-state index in [0.717, 1.165) is 23.8 Å². The molecule has 19 heavy (non-hydrogen) atoms. The molecule has 0 spiro atoms. The number of allylic oxidation sites excluding steroid dienone is 1. The predicted molar refractivity (Wildman–Crippen MR) is 72.9 cm³/mol. The first-order valence-electron chi connectivity index (χ1n) is 5.53. The van der Waals surface area contributed by atoms with Gasteiger partial charge in [-0.15, -0.1) is 0 Å². The van der Waals surface area contributed by atoms with Crippen LogP contribution in [0.1, 0.15) is 15.9 Å². The van der Waals surface area contributed by atoms with Gasteiger partial charge in [0.05, 0.1) is 5.56 Å². The summed E-state index contributed by atoms with van der Waals surface area (Å²) in [6.45, 7) is 0. The van der Waals surface area contributed by atoms with Crippen molar-refractivity contribution in [1.82, 2.24) is 0 Å². The van der Waals surface area contributed by atoms with Crippen molar-refractivity contribution in [3.63, 3.8) is 0 Å². The van der Waals surface area contributed by atoms with Gasteiger partial charge >= 0.3 is 0 Å². The van der Waals surface area contributed by atoms with Crippen LogP contribution < -0.4 is 0 Å². The maximum Gasteiger partial charge on any atom is 0.189 e. The van der Waals surface area contributed by atoms with Crippen molar-refractivity contribution >= 4 is 23.5 Å². The van der Waals surface area contributed by atoms with Crippen LogP contribution in [-0.4, -0.2) is 10.9 Å². The molecule has 0 aliphatic heterocycles. The lowest BCUT2D eigenvalue weighted by molar-refractivity contribution is 0.104.